The minimum atomic E-state index is 0.804. The van der Waals surface area contributed by atoms with Crippen molar-refractivity contribution < 1.29 is 0 Å². The Hall–Kier alpha value is -0.780. The summed E-state index contributed by atoms with van der Waals surface area (Å²) >= 11 is 0. The van der Waals surface area contributed by atoms with Crippen molar-refractivity contribution >= 4 is 0 Å². The predicted molar refractivity (Wildman–Crippen MR) is 57.7 cm³/mol. The highest BCUT2D eigenvalue weighted by Crippen LogP contribution is 2.13. The van der Waals surface area contributed by atoms with Crippen LogP contribution in [0.25, 0.3) is 0 Å². The summed E-state index contributed by atoms with van der Waals surface area (Å²) in [6, 6.07) is 11.6. The lowest BCUT2D eigenvalue weighted by Gasteiger charge is -2.09. The van der Waals surface area contributed by atoms with Crippen LogP contribution in [-0.4, -0.2) is 0 Å². The van der Waals surface area contributed by atoms with E-state index in [1.54, 1.807) is 0 Å². The molecule has 0 nitrogen and oxygen atoms in total. The summed E-state index contributed by atoms with van der Waals surface area (Å²) < 4.78 is 0. The molecule has 0 aromatic heterocycles. The van der Waals surface area contributed by atoms with Crippen LogP contribution in [0.3, 0.4) is 0 Å². The molecule has 0 heterocycles. The predicted octanol–water partition coefficient (Wildman–Crippen LogP) is 3.86. The van der Waals surface area contributed by atoms with Crippen molar-refractivity contribution in [1.82, 2.24) is 0 Å². The van der Waals surface area contributed by atoms with E-state index < -0.39 is 0 Å². The van der Waals surface area contributed by atoms with Crippen molar-refractivity contribution in [2.24, 2.45) is 5.92 Å². The number of benzene rings is 1. The zero-order valence-electron chi connectivity index (χ0n) is 8.72. The fourth-order valence-corrected chi connectivity index (χ4v) is 1.59. The van der Waals surface area contributed by atoms with Gasteiger partial charge < -0.3 is 0 Å². The summed E-state index contributed by atoms with van der Waals surface area (Å²) in [7, 11) is 0. The van der Waals surface area contributed by atoms with Crippen LogP contribution >= 0.6 is 0 Å². The Kier molecular flexibility index (Phi) is 4.59. The van der Waals surface area contributed by atoms with Gasteiger partial charge in [-0.05, 0) is 24.0 Å². The zero-order chi connectivity index (χ0) is 9.52. The molecule has 13 heavy (non-hydrogen) atoms. The van der Waals surface area contributed by atoms with Crippen molar-refractivity contribution in [2.45, 2.75) is 39.5 Å². The van der Waals surface area contributed by atoms with Crippen LogP contribution in [0.4, 0.5) is 0 Å². The highest BCUT2D eigenvalue weighted by Gasteiger charge is 2.02. The first-order valence-corrected chi connectivity index (χ1v) is 5.28. The number of hydrogen-bond acceptors (Lipinski definition) is 0. The molecule has 0 aliphatic carbocycles. The van der Waals surface area contributed by atoms with E-state index >= 15 is 0 Å². The SMILES string of the molecule is CCCCC(C)Cc1[c]cccc1. The lowest BCUT2D eigenvalue weighted by atomic mass is 9.96. The molecule has 71 valence electrons. The minimum absolute atomic E-state index is 0.804. The standard InChI is InChI=1S/C13H19/c1-3-4-8-12(2)11-13-9-6-5-7-10-13/h5-7,9,12H,3-4,8,11H2,1-2H3. The van der Waals surface area contributed by atoms with E-state index in [4.69, 9.17) is 0 Å². The Morgan fingerprint density at radius 3 is 2.85 bits per heavy atom. The van der Waals surface area contributed by atoms with Gasteiger partial charge in [0.05, 0.1) is 0 Å². The smallest absolute Gasteiger partial charge is 0.0149 e. The molecule has 0 spiro atoms. The van der Waals surface area contributed by atoms with Crippen LogP contribution in [0.15, 0.2) is 24.3 Å². The Balaban J connectivity index is 2.32. The average Bonchev–Trinajstić information content (AvgIpc) is 2.16. The third-order valence-electron chi connectivity index (χ3n) is 2.39. The number of unbranched alkanes of at least 4 members (excludes halogenated alkanes) is 1. The third-order valence-corrected chi connectivity index (χ3v) is 2.39. The molecule has 1 aromatic rings. The van der Waals surface area contributed by atoms with E-state index in [0.717, 1.165) is 5.92 Å². The van der Waals surface area contributed by atoms with E-state index in [-0.39, 0.29) is 0 Å². The molecule has 1 atom stereocenters. The Morgan fingerprint density at radius 1 is 1.38 bits per heavy atom. The van der Waals surface area contributed by atoms with Crippen molar-refractivity contribution in [3.8, 4) is 0 Å². The largest absolute Gasteiger partial charge is 0.0654 e. The van der Waals surface area contributed by atoms with Gasteiger partial charge in [0.1, 0.15) is 0 Å². The van der Waals surface area contributed by atoms with E-state index in [1.807, 2.05) is 12.1 Å². The van der Waals surface area contributed by atoms with Gasteiger partial charge in [-0.25, -0.2) is 0 Å². The highest BCUT2D eigenvalue weighted by molar-refractivity contribution is 5.13. The van der Waals surface area contributed by atoms with Crippen molar-refractivity contribution in [3.63, 3.8) is 0 Å². The molecule has 0 saturated heterocycles. The quantitative estimate of drug-likeness (QED) is 0.637. The maximum absolute atomic E-state index is 3.28. The molecule has 1 unspecified atom stereocenters. The summed E-state index contributed by atoms with van der Waals surface area (Å²) in [4.78, 5) is 0. The third kappa shape index (κ3) is 4.12. The molecule has 0 fully saturated rings. The van der Waals surface area contributed by atoms with Gasteiger partial charge in [0, 0.05) is 0 Å². The topological polar surface area (TPSA) is 0 Å². The van der Waals surface area contributed by atoms with E-state index in [1.165, 1.54) is 31.2 Å². The van der Waals surface area contributed by atoms with Crippen molar-refractivity contribution in [3.05, 3.63) is 35.9 Å². The van der Waals surface area contributed by atoms with Gasteiger partial charge >= 0.3 is 0 Å². The normalized spacial score (nSPS) is 12.8. The van der Waals surface area contributed by atoms with Gasteiger partial charge in [0.2, 0.25) is 0 Å². The second-order valence-corrected chi connectivity index (χ2v) is 3.84. The van der Waals surface area contributed by atoms with Crippen LogP contribution in [0.2, 0.25) is 0 Å². The van der Waals surface area contributed by atoms with E-state index in [0.29, 0.717) is 0 Å². The van der Waals surface area contributed by atoms with Crippen LogP contribution in [0.1, 0.15) is 38.7 Å². The van der Waals surface area contributed by atoms with E-state index in [2.05, 4.69) is 32.0 Å². The van der Waals surface area contributed by atoms with Gasteiger partial charge in [-0.15, -0.1) is 0 Å². The minimum Gasteiger partial charge on any atom is -0.0654 e. The lowest BCUT2D eigenvalue weighted by Crippen LogP contribution is -1.99. The molecule has 0 saturated carbocycles. The molecule has 1 rings (SSSR count). The first-order valence-electron chi connectivity index (χ1n) is 5.28. The molecule has 0 heteroatoms. The van der Waals surface area contributed by atoms with Crippen LogP contribution in [0.5, 0.6) is 0 Å². The molecule has 1 radical (unpaired) electrons. The van der Waals surface area contributed by atoms with Crippen LogP contribution < -0.4 is 0 Å². The lowest BCUT2D eigenvalue weighted by molar-refractivity contribution is 0.503. The van der Waals surface area contributed by atoms with Gasteiger partial charge in [0.25, 0.3) is 0 Å². The highest BCUT2D eigenvalue weighted by atomic mass is 14.1. The Morgan fingerprint density at radius 2 is 2.23 bits per heavy atom. The molecule has 0 N–H and O–H groups in total. The Labute approximate surface area is 82.0 Å². The molecular formula is C13H19. The monoisotopic (exact) mass is 175 g/mol. The van der Waals surface area contributed by atoms with Crippen molar-refractivity contribution in [2.75, 3.05) is 0 Å². The maximum atomic E-state index is 3.28. The molecule has 0 bridgehead atoms. The first-order chi connectivity index (χ1) is 6.33. The fourth-order valence-electron chi connectivity index (χ4n) is 1.59. The summed E-state index contributed by atoms with van der Waals surface area (Å²) in [5.41, 5.74) is 1.35. The summed E-state index contributed by atoms with van der Waals surface area (Å²) in [5.74, 6) is 0.804. The number of hydrogen-bond donors (Lipinski definition) is 0. The molecule has 0 aliphatic heterocycles. The summed E-state index contributed by atoms with van der Waals surface area (Å²) in [6.07, 6.45) is 5.19. The summed E-state index contributed by atoms with van der Waals surface area (Å²) in [5, 5.41) is 0. The van der Waals surface area contributed by atoms with Gasteiger partial charge in [-0.1, -0.05) is 57.4 Å². The van der Waals surface area contributed by atoms with Crippen molar-refractivity contribution in [1.29, 1.82) is 0 Å². The van der Waals surface area contributed by atoms with E-state index in [9.17, 15) is 0 Å². The average molecular weight is 175 g/mol. The Bertz CT molecular complexity index is 213. The fraction of sp³-hybridized carbons (Fsp3) is 0.538. The molecular weight excluding hydrogens is 156 g/mol. The molecule has 0 amide bonds. The second-order valence-electron chi connectivity index (χ2n) is 3.84. The zero-order valence-corrected chi connectivity index (χ0v) is 8.72. The van der Waals surface area contributed by atoms with Gasteiger partial charge in [-0.3, -0.25) is 0 Å². The first kappa shape index (κ1) is 10.3. The maximum Gasteiger partial charge on any atom is -0.0149 e. The molecule has 0 aliphatic rings. The van der Waals surface area contributed by atoms with Gasteiger partial charge in [0.15, 0.2) is 0 Å². The van der Waals surface area contributed by atoms with Crippen LogP contribution in [0, 0.1) is 12.0 Å². The molecule has 1 aromatic carbocycles. The second kappa shape index (κ2) is 5.80. The number of rotatable bonds is 5. The van der Waals surface area contributed by atoms with Gasteiger partial charge in [-0.2, -0.15) is 0 Å². The summed E-state index contributed by atoms with van der Waals surface area (Å²) in [6.45, 7) is 4.58. The van der Waals surface area contributed by atoms with Crippen LogP contribution in [-0.2, 0) is 6.42 Å².